The molecule has 20 heavy (non-hydrogen) atoms. The number of benzene rings is 1. The molecule has 6 heteroatoms. The monoisotopic (exact) mass is 271 g/mol. The van der Waals surface area contributed by atoms with Crippen molar-refractivity contribution >= 4 is 11.6 Å². The van der Waals surface area contributed by atoms with Crippen molar-refractivity contribution in [1.82, 2.24) is 20.3 Å². The van der Waals surface area contributed by atoms with E-state index in [2.05, 4.69) is 20.8 Å². The van der Waals surface area contributed by atoms with E-state index in [-0.39, 0.29) is 5.91 Å². The predicted octanol–water partition coefficient (Wildman–Crippen LogP) is 1.35. The molecule has 1 unspecified atom stereocenters. The number of amides is 1. The summed E-state index contributed by atoms with van der Waals surface area (Å²) in [5, 5.41) is 14.3. The summed E-state index contributed by atoms with van der Waals surface area (Å²) in [5.74, 6) is 0.0139. The normalized spacial score (nSPS) is 21.9. The lowest BCUT2D eigenvalue weighted by molar-refractivity contribution is -0.121. The molecule has 1 saturated heterocycles. The molecule has 1 aromatic carbocycles. The molecule has 3 rings (SSSR count). The zero-order valence-corrected chi connectivity index (χ0v) is 11.3. The van der Waals surface area contributed by atoms with Crippen molar-refractivity contribution < 1.29 is 4.79 Å². The van der Waals surface area contributed by atoms with Gasteiger partial charge < -0.3 is 10.6 Å². The van der Waals surface area contributed by atoms with Crippen molar-refractivity contribution in [3.05, 3.63) is 36.7 Å². The zero-order chi connectivity index (χ0) is 14.0. The van der Waals surface area contributed by atoms with Crippen LogP contribution in [0, 0.1) is 0 Å². The molecular formula is C14H17N5O. The van der Waals surface area contributed by atoms with Gasteiger partial charge in [-0.3, -0.25) is 4.79 Å². The molecule has 0 radical (unpaired) electrons. The van der Waals surface area contributed by atoms with Gasteiger partial charge in [0.05, 0.1) is 23.6 Å². The molecule has 0 saturated carbocycles. The highest BCUT2D eigenvalue weighted by Gasteiger charge is 2.35. The van der Waals surface area contributed by atoms with Gasteiger partial charge in [0, 0.05) is 5.69 Å². The van der Waals surface area contributed by atoms with Crippen LogP contribution < -0.4 is 10.6 Å². The Morgan fingerprint density at radius 3 is 2.60 bits per heavy atom. The van der Waals surface area contributed by atoms with Crippen LogP contribution in [0.15, 0.2) is 36.7 Å². The van der Waals surface area contributed by atoms with E-state index in [0.29, 0.717) is 0 Å². The third kappa shape index (κ3) is 2.42. The molecule has 0 bridgehead atoms. The van der Waals surface area contributed by atoms with Gasteiger partial charge in [0.1, 0.15) is 0 Å². The molecule has 6 nitrogen and oxygen atoms in total. The minimum absolute atomic E-state index is 0.0139. The summed E-state index contributed by atoms with van der Waals surface area (Å²) < 4.78 is 0. The molecule has 1 aliphatic rings. The summed E-state index contributed by atoms with van der Waals surface area (Å²) in [6.07, 6.45) is 5.16. The Morgan fingerprint density at radius 2 is 2.00 bits per heavy atom. The summed E-state index contributed by atoms with van der Waals surface area (Å²) in [6, 6.07) is 7.46. The maximum Gasteiger partial charge on any atom is 0.244 e. The van der Waals surface area contributed by atoms with Crippen LogP contribution in [0.25, 0.3) is 5.69 Å². The molecule has 104 valence electrons. The van der Waals surface area contributed by atoms with Crippen LogP contribution in [0.5, 0.6) is 0 Å². The van der Waals surface area contributed by atoms with Crippen LogP contribution >= 0.6 is 0 Å². The van der Waals surface area contributed by atoms with Crippen LogP contribution in [-0.4, -0.2) is 33.0 Å². The minimum Gasteiger partial charge on any atom is -0.324 e. The highest BCUT2D eigenvalue weighted by Crippen LogP contribution is 2.21. The van der Waals surface area contributed by atoms with Crippen molar-refractivity contribution in [1.29, 1.82) is 0 Å². The van der Waals surface area contributed by atoms with E-state index in [9.17, 15) is 4.79 Å². The van der Waals surface area contributed by atoms with Gasteiger partial charge in [-0.15, -0.1) is 0 Å². The molecular weight excluding hydrogens is 254 g/mol. The second kappa shape index (κ2) is 5.05. The van der Waals surface area contributed by atoms with E-state index in [4.69, 9.17) is 0 Å². The van der Waals surface area contributed by atoms with Gasteiger partial charge in [-0.05, 0) is 50.6 Å². The first-order valence-corrected chi connectivity index (χ1v) is 6.71. The number of aromatic nitrogens is 3. The Morgan fingerprint density at radius 1 is 1.30 bits per heavy atom. The lowest BCUT2D eigenvalue weighted by Crippen LogP contribution is -2.47. The third-order valence-corrected chi connectivity index (χ3v) is 3.64. The van der Waals surface area contributed by atoms with Crippen LogP contribution in [0.3, 0.4) is 0 Å². The van der Waals surface area contributed by atoms with Gasteiger partial charge in [-0.25, -0.2) is 0 Å². The Kier molecular flexibility index (Phi) is 3.23. The average molecular weight is 271 g/mol. The lowest BCUT2D eigenvalue weighted by Gasteiger charge is -2.23. The Labute approximate surface area is 117 Å². The van der Waals surface area contributed by atoms with Crippen molar-refractivity contribution in [2.24, 2.45) is 0 Å². The second-order valence-corrected chi connectivity index (χ2v) is 5.18. The van der Waals surface area contributed by atoms with Crippen LogP contribution in [-0.2, 0) is 4.79 Å². The van der Waals surface area contributed by atoms with Gasteiger partial charge in [-0.1, -0.05) is 0 Å². The first-order chi connectivity index (χ1) is 9.67. The van der Waals surface area contributed by atoms with Crippen LogP contribution in [0.4, 0.5) is 5.69 Å². The SMILES string of the molecule is CC1(C(=O)Nc2ccc(-n3nccn3)cc2)CCCN1. The smallest absolute Gasteiger partial charge is 0.244 e. The standard InChI is InChI=1S/C14H17N5O/c1-14(7-2-8-15-14)13(20)18-11-3-5-12(6-4-11)19-16-9-10-17-19/h3-6,9-10,15H,2,7-8H2,1H3,(H,18,20). The number of carbonyl (C=O) groups is 1. The maximum absolute atomic E-state index is 12.2. The first-order valence-electron chi connectivity index (χ1n) is 6.71. The largest absolute Gasteiger partial charge is 0.324 e. The van der Waals surface area contributed by atoms with Crippen LogP contribution in [0.1, 0.15) is 19.8 Å². The number of hydrogen-bond donors (Lipinski definition) is 2. The van der Waals surface area contributed by atoms with Crippen molar-refractivity contribution in [2.75, 3.05) is 11.9 Å². The molecule has 1 amide bonds. The number of rotatable bonds is 3. The molecule has 0 spiro atoms. The molecule has 1 atom stereocenters. The quantitative estimate of drug-likeness (QED) is 0.884. The van der Waals surface area contributed by atoms with E-state index in [1.807, 2.05) is 31.2 Å². The number of carbonyl (C=O) groups excluding carboxylic acids is 1. The summed E-state index contributed by atoms with van der Waals surface area (Å²) in [4.78, 5) is 13.8. The minimum atomic E-state index is -0.456. The fourth-order valence-corrected chi connectivity index (χ4v) is 2.38. The highest BCUT2D eigenvalue weighted by atomic mass is 16.2. The van der Waals surface area contributed by atoms with Gasteiger partial charge >= 0.3 is 0 Å². The number of anilines is 1. The molecule has 2 aromatic rings. The Balaban J connectivity index is 1.71. The molecule has 1 aromatic heterocycles. The van der Waals surface area contributed by atoms with Crippen molar-refractivity contribution in [2.45, 2.75) is 25.3 Å². The molecule has 2 heterocycles. The van der Waals surface area contributed by atoms with Gasteiger partial charge in [0.25, 0.3) is 0 Å². The summed E-state index contributed by atoms with van der Waals surface area (Å²) in [6.45, 7) is 2.84. The average Bonchev–Trinajstić information content (AvgIpc) is 3.11. The van der Waals surface area contributed by atoms with E-state index in [1.54, 1.807) is 12.4 Å². The summed E-state index contributed by atoms with van der Waals surface area (Å²) in [5.41, 5.74) is 1.18. The molecule has 0 aliphatic carbocycles. The first kappa shape index (κ1) is 12.8. The van der Waals surface area contributed by atoms with Gasteiger partial charge in [0.15, 0.2) is 0 Å². The van der Waals surface area contributed by atoms with Gasteiger partial charge in [0.2, 0.25) is 5.91 Å². The molecule has 2 N–H and O–H groups in total. The number of nitrogens with one attached hydrogen (secondary N) is 2. The Hall–Kier alpha value is -2.21. The Bertz CT molecular complexity index is 585. The number of hydrogen-bond acceptors (Lipinski definition) is 4. The topological polar surface area (TPSA) is 71.8 Å². The summed E-state index contributed by atoms with van der Waals surface area (Å²) in [7, 11) is 0. The highest BCUT2D eigenvalue weighted by molar-refractivity contribution is 5.98. The molecule has 1 fully saturated rings. The maximum atomic E-state index is 12.2. The van der Waals surface area contributed by atoms with E-state index >= 15 is 0 Å². The van der Waals surface area contributed by atoms with E-state index in [1.165, 1.54) is 4.80 Å². The zero-order valence-electron chi connectivity index (χ0n) is 11.3. The van der Waals surface area contributed by atoms with E-state index < -0.39 is 5.54 Å². The van der Waals surface area contributed by atoms with Crippen molar-refractivity contribution in [3.8, 4) is 5.69 Å². The molecule has 1 aliphatic heterocycles. The third-order valence-electron chi connectivity index (χ3n) is 3.64. The lowest BCUT2D eigenvalue weighted by atomic mass is 9.99. The van der Waals surface area contributed by atoms with Crippen molar-refractivity contribution in [3.63, 3.8) is 0 Å². The van der Waals surface area contributed by atoms with Gasteiger partial charge in [-0.2, -0.15) is 15.0 Å². The second-order valence-electron chi connectivity index (χ2n) is 5.18. The summed E-state index contributed by atoms with van der Waals surface area (Å²) >= 11 is 0. The predicted molar refractivity (Wildman–Crippen MR) is 75.6 cm³/mol. The van der Waals surface area contributed by atoms with E-state index in [0.717, 1.165) is 30.8 Å². The fourth-order valence-electron chi connectivity index (χ4n) is 2.38. The van der Waals surface area contributed by atoms with Crippen LogP contribution in [0.2, 0.25) is 0 Å². The fraction of sp³-hybridized carbons (Fsp3) is 0.357. The number of nitrogens with zero attached hydrogens (tertiary/aromatic N) is 3.